The van der Waals surface area contributed by atoms with E-state index in [9.17, 15) is 0 Å². The summed E-state index contributed by atoms with van der Waals surface area (Å²) in [4.78, 5) is 10.8. The lowest BCUT2D eigenvalue weighted by Gasteiger charge is -2.16. The fraction of sp³-hybridized carbons (Fsp3) is 0.316. The van der Waals surface area contributed by atoms with Gasteiger partial charge in [-0.05, 0) is 42.7 Å². The van der Waals surface area contributed by atoms with Crippen molar-refractivity contribution in [2.75, 3.05) is 29.9 Å². The Balaban J connectivity index is 1.58. The first kappa shape index (κ1) is 17.0. The molecule has 2 aromatic heterocycles. The van der Waals surface area contributed by atoms with Crippen molar-refractivity contribution in [2.24, 2.45) is 11.7 Å². The number of pyridine rings is 2. The molecule has 2 aromatic rings. The smallest absolute Gasteiger partial charge is 0.128 e. The summed E-state index contributed by atoms with van der Waals surface area (Å²) < 4.78 is 0. The zero-order chi connectivity index (χ0) is 17.6. The summed E-state index contributed by atoms with van der Waals surface area (Å²) in [5, 5.41) is 11.4. The minimum absolute atomic E-state index is 0.360. The maximum absolute atomic E-state index is 8.20. The van der Waals surface area contributed by atoms with Crippen molar-refractivity contribution < 1.29 is 0 Å². The molecule has 0 aliphatic carbocycles. The monoisotopic (exact) mass is 336 g/mol. The van der Waals surface area contributed by atoms with Crippen LogP contribution in [0, 0.1) is 11.3 Å². The van der Waals surface area contributed by atoms with Crippen LogP contribution in [0.3, 0.4) is 0 Å². The van der Waals surface area contributed by atoms with E-state index in [0.717, 1.165) is 36.1 Å². The predicted molar refractivity (Wildman–Crippen MR) is 102 cm³/mol. The third kappa shape index (κ3) is 4.56. The molecule has 1 fully saturated rings. The maximum atomic E-state index is 8.20. The van der Waals surface area contributed by atoms with Gasteiger partial charge in [-0.25, -0.2) is 4.98 Å². The van der Waals surface area contributed by atoms with Gasteiger partial charge in [-0.1, -0.05) is 6.92 Å². The van der Waals surface area contributed by atoms with Crippen LogP contribution in [0.4, 0.5) is 11.5 Å². The highest BCUT2D eigenvalue weighted by Gasteiger charge is 2.19. The van der Waals surface area contributed by atoms with Crippen LogP contribution >= 0.6 is 0 Å². The van der Waals surface area contributed by atoms with Crippen molar-refractivity contribution in [3.05, 3.63) is 60.2 Å². The van der Waals surface area contributed by atoms with Gasteiger partial charge in [0, 0.05) is 42.9 Å². The number of allylic oxidation sites excluding steroid dienone is 1. The van der Waals surface area contributed by atoms with Crippen LogP contribution in [0.15, 0.2) is 54.6 Å². The second-order valence-electron chi connectivity index (χ2n) is 6.47. The van der Waals surface area contributed by atoms with Gasteiger partial charge in [0.05, 0.1) is 17.9 Å². The van der Waals surface area contributed by atoms with Crippen molar-refractivity contribution in [2.45, 2.75) is 13.3 Å². The van der Waals surface area contributed by atoms with Crippen molar-refractivity contribution >= 4 is 17.2 Å². The number of rotatable bonds is 6. The first-order valence-electron chi connectivity index (χ1n) is 8.51. The van der Waals surface area contributed by atoms with Crippen LogP contribution in [0.5, 0.6) is 0 Å². The normalized spacial score (nSPS) is 17.6. The lowest BCUT2D eigenvalue weighted by molar-refractivity contribution is 0.659. The highest BCUT2D eigenvalue weighted by Crippen LogP contribution is 2.21. The maximum Gasteiger partial charge on any atom is 0.128 e. The lowest BCUT2D eigenvalue weighted by Crippen LogP contribution is -2.20. The molecule has 1 aliphatic heterocycles. The summed E-state index contributed by atoms with van der Waals surface area (Å²) in [6.07, 6.45) is 8.08. The largest absolute Gasteiger partial charge is 0.401 e. The Hall–Kier alpha value is -2.89. The summed E-state index contributed by atoms with van der Waals surface area (Å²) in [7, 11) is 0. The summed E-state index contributed by atoms with van der Waals surface area (Å²) >= 11 is 0. The number of hydrogen-bond donors (Lipinski definition) is 3. The van der Waals surface area contributed by atoms with E-state index in [0.29, 0.717) is 18.0 Å². The van der Waals surface area contributed by atoms with Gasteiger partial charge in [0.15, 0.2) is 0 Å². The Kier molecular flexibility index (Phi) is 5.28. The number of anilines is 2. The average molecular weight is 336 g/mol. The summed E-state index contributed by atoms with van der Waals surface area (Å²) in [5.74, 6) is 1.70. The molecule has 130 valence electrons. The van der Waals surface area contributed by atoms with Crippen molar-refractivity contribution in [3.63, 3.8) is 0 Å². The molecule has 0 amide bonds. The fourth-order valence-corrected chi connectivity index (χ4v) is 2.87. The number of nitrogens with zero attached hydrogens (tertiary/aromatic N) is 3. The van der Waals surface area contributed by atoms with Gasteiger partial charge in [-0.2, -0.15) is 0 Å². The first-order valence-corrected chi connectivity index (χ1v) is 8.51. The Morgan fingerprint density at radius 3 is 2.92 bits per heavy atom. The van der Waals surface area contributed by atoms with Crippen LogP contribution in [0.2, 0.25) is 0 Å². The van der Waals surface area contributed by atoms with E-state index in [1.54, 1.807) is 24.7 Å². The molecule has 1 aliphatic rings. The molecule has 0 saturated carbocycles. The van der Waals surface area contributed by atoms with E-state index < -0.39 is 0 Å². The van der Waals surface area contributed by atoms with Crippen molar-refractivity contribution in [1.29, 1.82) is 5.41 Å². The molecule has 1 saturated heterocycles. The van der Waals surface area contributed by atoms with Crippen LogP contribution in [0.1, 0.15) is 18.9 Å². The quantitative estimate of drug-likeness (QED) is 0.706. The number of aromatic nitrogens is 2. The van der Waals surface area contributed by atoms with Crippen molar-refractivity contribution in [1.82, 2.24) is 9.97 Å². The Morgan fingerprint density at radius 2 is 2.28 bits per heavy atom. The van der Waals surface area contributed by atoms with E-state index in [-0.39, 0.29) is 0 Å². The molecule has 3 rings (SSSR count). The van der Waals surface area contributed by atoms with Gasteiger partial charge >= 0.3 is 0 Å². The van der Waals surface area contributed by atoms with Crippen LogP contribution in [0.25, 0.3) is 0 Å². The molecular formula is C19H24N6. The van der Waals surface area contributed by atoms with E-state index in [2.05, 4.69) is 27.1 Å². The minimum Gasteiger partial charge on any atom is -0.401 e. The zero-order valence-corrected chi connectivity index (χ0v) is 14.4. The van der Waals surface area contributed by atoms with Crippen LogP contribution in [-0.2, 0) is 0 Å². The first-order chi connectivity index (χ1) is 12.1. The molecule has 0 radical (unpaired) electrons. The fourth-order valence-electron chi connectivity index (χ4n) is 2.87. The lowest BCUT2D eigenvalue weighted by atomic mass is 10.1. The Morgan fingerprint density at radius 1 is 1.40 bits per heavy atom. The second-order valence-corrected chi connectivity index (χ2v) is 6.47. The topological polar surface area (TPSA) is 90.9 Å². The van der Waals surface area contributed by atoms with E-state index in [1.165, 1.54) is 6.42 Å². The summed E-state index contributed by atoms with van der Waals surface area (Å²) in [5.41, 5.74) is 8.63. The third-order valence-corrected chi connectivity index (χ3v) is 4.29. The van der Waals surface area contributed by atoms with Gasteiger partial charge in [0.25, 0.3) is 0 Å². The zero-order valence-electron chi connectivity index (χ0n) is 14.4. The molecule has 25 heavy (non-hydrogen) atoms. The van der Waals surface area contributed by atoms with Gasteiger partial charge in [-0.15, -0.1) is 0 Å². The highest BCUT2D eigenvalue weighted by atomic mass is 15.2. The molecule has 1 atom stereocenters. The Labute approximate surface area is 148 Å². The predicted octanol–water partition coefficient (Wildman–Crippen LogP) is 2.65. The molecule has 0 spiro atoms. The minimum atomic E-state index is 0.360. The molecule has 0 bridgehead atoms. The highest BCUT2D eigenvalue weighted by molar-refractivity contribution is 6.06. The van der Waals surface area contributed by atoms with Crippen molar-refractivity contribution in [3.8, 4) is 0 Å². The third-order valence-electron chi connectivity index (χ3n) is 4.29. The van der Waals surface area contributed by atoms with E-state index in [1.807, 2.05) is 24.3 Å². The Bertz CT molecular complexity index is 738. The molecule has 3 heterocycles. The summed E-state index contributed by atoms with van der Waals surface area (Å²) in [6, 6.07) is 7.71. The molecule has 6 nitrogen and oxygen atoms in total. The molecule has 0 aromatic carbocycles. The summed E-state index contributed by atoms with van der Waals surface area (Å²) in [6.45, 7) is 4.83. The molecule has 4 N–H and O–H groups in total. The molecule has 0 unspecified atom stereocenters. The molecular weight excluding hydrogens is 312 g/mol. The molecule has 6 heteroatoms. The van der Waals surface area contributed by atoms with Gasteiger partial charge in [-0.3, -0.25) is 4.98 Å². The van der Waals surface area contributed by atoms with Crippen LogP contribution < -0.4 is 16.0 Å². The van der Waals surface area contributed by atoms with Crippen LogP contribution in [-0.4, -0.2) is 35.3 Å². The number of nitrogens with two attached hydrogens (primary N) is 1. The van der Waals surface area contributed by atoms with E-state index >= 15 is 0 Å². The number of nitrogens with one attached hydrogen (secondary N) is 2. The van der Waals surface area contributed by atoms with E-state index in [4.69, 9.17) is 11.1 Å². The van der Waals surface area contributed by atoms with Gasteiger partial charge < -0.3 is 21.4 Å². The SMILES string of the molecule is C[C@H]1CCN(c2ccc(C(=N)C=C(N)CNc3cccnc3)cn2)C1. The second kappa shape index (κ2) is 7.79. The number of hydrogen-bond acceptors (Lipinski definition) is 6. The van der Waals surface area contributed by atoms with Gasteiger partial charge in [0.2, 0.25) is 0 Å². The average Bonchev–Trinajstić information content (AvgIpc) is 3.07. The van der Waals surface area contributed by atoms with Gasteiger partial charge in [0.1, 0.15) is 5.82 Å². The standard InChI is InChI=1S/C19H24N6/c1-14-6-8-25(13-14)19-5-4-15(10-24-19)18(21)9-16(20)11-23-17-3-2-7-22-12-17/h2-5,7,9-10,12,14,21,23H,6,8,11,13,20H2,1H3/t14-/m0/s1.